The highest BCUT2D eigenvalue weighted by atomic mass is 16.3. The fraction of sp³-hybridized carbons (Fsp3) is 0.235. The van der Waals surface area contributed by atoms with Crippen LogP contribution in [0.5, 0.6) is 0 Å². The molecule has 20 heavy (non-hydrogen) atoms. The van der Waals surface area contributed by atoms with Gasteiger partial charge in [-0.25, -0.2) is 0 Å². The first-order valence-electron chi connectivity index (χ1n) is 6.78. The highest BCUT2D eigenvalue weighted by molar-refractivity contribution is 5.79. The monoisotopic (exact) mass is 266 g/mol. The molecule has 0 aliphatic carbocycles. The van der Waals surface area contributed by atoms with Crippen molar-refractivity contribution in [2.75, 3.05) is 7.05 Å². The van der Waals surface area contributed by atoms with Crippen molar-refractivity contribution in [1.29, 1.82) is 0 Å². The lowest BCUT2D eigenvalue weighted by Gasteiger charge is -2.16. The fourth-order valence-corrected chi connectivity index (χ4v) is 2.70. The smallest absolute Gasteiger partial charge is 0.106 e. The van der Waals surface area contributed by atoms with Crippen LogP contribution < -0.4 is 5.32 Å². The number of nitrogens with one attached hydrogen (secondary N) is 1. The van der Waals surface area contributed by atoms with Gasteiger partial charge in [0, 0.05) is 17.1 Å². The lowest BCUT2D eigenvalue weighted by Crippen LogP contribution is -2.17. The van der Waals surface area contributed by atoms with Crippen molar-refractivity contribution in [3.8, 4) is 0 Å². The highest BCUT2D eigenvalue weighted by Crippen LogP contribution is 2.28. The SMILES string of the molecule is CNC(c1ccc2cccnc2c1)c1cc(C)oc1C. The van der Waals surface area contributed by atoms with Gasteiger partial charge >= 0.3 is 0 Å². The summed E-state index contributed by atoms with van der Waals surface area (Å²) < 4.78 is 5.65. The number of benzene rings is 1. The summed E-state index contributed by atoms with van der Waals surface area (Å²) in [6, 6.07) is 12.7. The van der Waals surface area contributed by atoms with E-state index in [1.807, 2.05) is 33.2 Å². The van der Waals surface area contributed by atoms with Crippen molar-refractivity contribution in [3.63, 3.8) is 0 Å². The van der Waals surface area contributed by atoms with E-state index >= 15 is 0 Å². The van der Waals surface area contributed by atoms with Crippen LogP contribution in [0.3, 0.4) is 0 Å². The largest absolute Gasteiger partial charge is 0.466 e. The van der Waals surface area contributed by atoms with Crippen molar-refractivity contribution >= 4 is 10.9 Å². The highest BCUT2D eigenvalue weighted by Gasteiger charge is 2.17. The second kappa shape index (κ2) is 5.10. The lowest BCUT2D eigenvalue weighted by molar-refractivity contribution is 0.497. The molecular weight excluding hydrogens is 248 g/mol. The third kappa shape index (κ3) is 2.21. The third-order valence-electron chi connectivity index (χ3n) is 3.64. The summed E-state index contributed by atoms with van der Waals surface area (Å²) >= 11 is 0. The number of nitrogens with zero attached hydrogens (tertiary/aromatic N) is 1. The van der Waals surface area contributed by atoms with Crippen molar-refractivity contribution in [2.45, 2.75) is 19.9 Å². The number of hydrogen-bond acceptors (Lipinski definition) is 3. The van der Waals surface area contributed by atoms with Crippen LogP contribution in [-0.2, 0) is 0 Å². The van der Waals surface area contributed by atoms with Crippen LogP contribution in [0.4, 0.5) is 0 Å². The average molecular weight is 266 g/mol. The van der Waals surface area contributed by atoms with Gasteiger partial charge in [0.1, 0.15) is 11.5 Å². The first kappa shape index (κ1) is 12.9. The van der Waals surface area contributed by atoms with E-state index in [4.69, 9.17) is 4.42 Å². The van der Waals surface area contributed by atoms with Gasteiger partial charge in [-0.05, 0) is 44.7 Å². The molecule has 0 bridgehead atoms. The summed E-state index contributed by atoms with van der Waals surface area (Å²) in [5.41, 5.74) is 3.39. The normalized spacial score (nSPS) is 12.8. The molecule has 102 valence electrons. The molecule has 3 nitrogen and oxygen atoms in total. The molecule has 1 N–H and O–H groups in total. The quantitative estimate of drug-likeness (QED) is 0.784. The Hall–Kier alpha value is -2.13. The van der Waals surface area contributed by atoms with Gasteiger partial charge in [0.25, 0.3) is 0 Å². The predicted octanol–water partition coefficient (Wildman–Crippen LogP) is 3.75. The van der Waals surface area contributed by atoms with E-state index in [2.05, 4.69) is 40.6 Å². The summed E-state index contributed by atoms with van der Waals surface area (Å²) in [4.78, 5) is 4.43. The standard InChI is InChI=1S/C17H18N2O/c1-11-9-15(12(2)20-11)17(18-3)14-7-6-13-5-4-8-19-16(13)10-14/h4-10,17-18H,1-3H3. The molecule has 2 aromatic heterocycles. The maximum atomic E-state index is 5.65. The van der Waals surface area contributed by atoms with Crippen molar-refractivity contribution in [2.24, 2.45) is 0 Å². The van der Waals surface area contributed by atoms with Crippen LogP contribution in [0, 0.1) is 13.8 Å². The number of pyridine rings is 1. The molecule has 3 heteroatoms. The van der Waals surface area contributed by atoms with Crippen LogP contribution in [0.1, 0.15) is 28.7 Å². The zero-order valence-corrected chi connectivity index (χ0v) is 12.0. The molecule has 1 atom stereocenters. The Bertz CT molecular complexity index is 746. The van der Waals surface area contributed by atoms with Crippen LogP contribution >= 0.6 is 0 Å². The second-order valence-electron chi connectivity index (χ2n) is 5.05. The van der Waals surface area contributed by atoms with E-state index in [0.717, 1.165) is 22.4 Å². The second-order valence-corrected chi connectivity index (χ2v) is 5.05. The van der Waals surface area contributed by atoms with E-state index in [1.165, 1.54) is 11.1 Å². The van der Waals surface area contributed by atoms with Gasteiger partial charge in [-0.1, -0.05) is 18.2 Å². The zero-order valence-electron chi connectivity index (χ0n) is 12.0. The molecule has 0 amide bonds. The Kier molecular flexibility index (Phi) is 3.28. The number of furan rings is 1. The summed E-state index contributed by atoms with van der Waals surface area (Å²) in [7, 11) is 1.97. The molecule has 1 unspecified atom stereocenters. The minimum absolute atomic E-state index is 0.124. The molecule has 0 saturated carbocycles. The van der Waals surface area contributed by atoms with Gasteiger partial charge < -0.3 is 9.73 Å². The number of hydrogen-bond donors (Lipinski definition) is 1. The van der Waals surface area contributed by atoms with Crippen LogP contribution in [0.15, 0.2) is 47.0 Å². The Morgan fingerprint density at radius 1 is 1.15 bits per heavy atom. The topological polar surface area (TPSA) is 38.1 Å². The Balaban J connectivity index is 2.09. The molecule has 0 saturated heterocycles. The molecule has 0 spiro atoms. The number of rotatable bonds is 3. The fourth-order valence-electron chi connectivity index (χ4n) is 2.70. The average Bonchev–Trinajstić information content (AvgIpc) is 2.78. The Morgan fingerprint density at radius 2 is 2.00 bits per heavy atom. The summed E-state index contributed by atoms with van der Waals surface area (Å²) in [5, 5.41) is 4.52. The van der Waals surface area contributed by atoms with E-state index in [-0.39, 0.29) is 6.04 Å². The molecule has 0 aliphatic heterocycles. The maximum Gasteiger partial charge on any atom is 0.106 e. The van der Waals surface area contributed by atoms with Gasteiger partial charge in [-0.3, -0.25) is 4.98 Å². The van der Waals surface area contributed by atoms with Crippen LogP contribution in [-0.4, -0.2) is 12.0 Å². The van der Waals surface area contributed by atoms with Gasteiger partial charge in [-0.15, -0.1) is 0 Å². The van der Waals surface area contributed by atoms with Crippen molar-refractivity contribution < 1.29 is 4.42 Å². The molecule has 0 radical (unpaired) electrons. The Morgan fingerprint density at radius 3 is 2.70 bits per heavy atom. The van der Waals surface area contributed by atoms with E-state index in [9.17, 15) is 0 Å². The summed E-state index contributed by atoms with van der Waals surface area (Å²) in [6.45, 7) is 3.98. The van der Waals surface area contributed by atoms with Crippen LogP contribution in [0.25, 0.3) is 10.9 Å². The van der Waals surface area contributed by atoms with E-state index < -0.39 is 0 Å². The number of aryl methyl sites for hydroxylation is 2. The van der Waals surface area contributed by atoms with E-state index in [0.29, 0.717) is 0 Å². The molecule has 0 fully saturated rings. The van der Waals surface area contributed by atoms with Gasteiger partial charge in [0.2, 0.25) is 0 Å². The Labute approximate surface area is 118 Å². The van der Waals surface area contributed by atoms with Crippen LogP contribution in [0.2, 0.25) is 0 Å². The third-order valence-corrected chi connectivity index (χ3v) is 3.64. The van der Waals surface area contributed by atoms with E-state index in [1.54, 1.807) is 0 Å². The molecule has 2 heterocycles. The zero-order chi connectivity index (χ0) is 14.1. The summed E-state index contributed by atoms with van der Waals surface area (Å²) in [5.74, 6) is 1.90. The number of aromatic nitrogens is 1. The van der Waals surface area contributed by atoms with Crippen molar-refractivity contribution in [1.82, 2.24) is 10.3 Å². The first-order chi connectivity index (χ1) is 9.69. The summed E-state index contributed by atoms with van der Waals surface area (Å²) in [6.07, 6.45) is 1.83. The molecule has 3 aromatic rings. The minimum Gasteiger partial charge on any atom is -0.466 e. The molecular formula is C17H18N2O. The maximum absolute atomic E-state index is 5.65. The predicted molar refractivity (Wildman–Crippen MR) is 80.8 cm³/mol. The lowest BCUT2D eigenvalue weighted by atomic mass is 9.98. The van der Waals surface area contributed by atoms with Gasteiger partial charge in [0.05, 0.1) is 11.6 Å². The first-order valence-corrected chi connectivity index (χ1v) is 6.78. The molecule has 1 aromatic carbocycles. The van der Waals surface area contributed by atoms with Crippen molar-refractivity contribution in [3.05, 3.63) is 65.2 Å². The molecule has 3 rings (SSSR count). The number of fused-ring (bicyclic) bond motifs is 1. The van der Waals surface area contributed by atoms with Gasteiger partial charge in [0.15, 0.2) is 0 Å². The van der Waals surface area contributed by atoms with Gasteiger partial charge in [-0.2, -0.15) is 0 Å². The molecule has 0 aliphatic rings. The minimum atomic E-state index is 0.124.